The highest BCUT2D eigenvalue weighted by Crippen LogP contribution is 2.30. The smallest absolute Gasteiger partial charge is 0.251 e. The number of aromatic nitrogens is 4. The average Bonchev–Trinajstić information content (AvgIpc) is 3.34. The van der Waals surface area contributed by atoms with Gasteiger partial charge >= 0.3 is 0 Å². The van der Waals surface area contributed by atoms with E-state index in [1.54, 1.807) is 10.9 Å². The van der Waals surface area contributed by atoms with Crippen molar-refractivity contribution in [1.82, 2.24) is 25.1 Å². The van der Waals surface area contributed by atoms with Gasteiger partial charge in [-0.15, -0.1) is 0 Å². The van der Waals surface area contributed by atoms with Crippen molar-refractivity contribution in [3.63, 3.8) is 0 Å². The van der Waals surface area contributed by atoms with Crippen molar-refractivity contribution in [3.8, 4) is 5.69 Å². The number of hydrogen-bond donors (Lipinski definition) is 2. The third-order valence-corrected chi connectivity index (χ3v) is 7.41. The van der Waals surface area contributed by atoms with Crippen molar-refractivity contribution in [3.05, 3.63) is 77.0 Å². The van der Waals surface area contributed by atoms with Crippen molar-refractivity contribution < 1.29 is 9.18 Å². The third kappa shape index (κ3) is 5.44. The number of nitrogens with zero attached hydrogens (tertiary/aromatic N) is 4. The molecule has 1 fully saturated rings. The van der Waals surface area contributed by atoms with Crippen molar-refractivity contribution >= 4 is 34.4 Å². The Kier molecular flexibility index (Phi) is 7.37. The van der Waals surface area contributed by atoms with Crippen LogP contribution in [0.4, 0.5) is 10.2 Å². The molecule has 1 aliphatic carbocycles. The molecule has 2 N–H and O–H groups in total. The van der Waals surface area contributed by atoms with Crippen molar-refractivity contribution in [2.75, 3.05) is 5.32 Å². The number of carbonyl (C=O) groups is 1. The Morgan fingerprint density at radius 1 is 1.08 bits per heavy atom. The second kappa shape index (κ2) is 10.8. The van der Waals surface area contributed by atoms with Gasteiger partial charge < -0.3 is 10.6 Å². The molecular formula is C28H30ClFN6O. The standard InChI is InChI=1S/C28H30ClFN6O/c1-3-17(2)25-34-26(22-16-31-36(27(22)35-25)24-7-5-4-6-23(24)29)32-20-12-14-21(15-13-20)33-28(37)18-8-10-19(30)11-9-18/h4-11,16-17,20-21H,3,12-15H2,1-2H3,(H,33,37)(H,32,34,35). The molecule has 7 nitrogen and oxygen atoms in total. The SMILES string of the molecule is CCC(C)c1nc(NC2CCC(NC(=O)c3ccc(F)cc3)CC2)c2cnn(-c3ccccc3Cl)c2n1. The lowest BCUT2D eigenvalue weighted by molar-refractivity contribution is 0.0926. The Balaban J connectivity index is 1.33. The number of nitrogens with one attached hydrogen (secondary N) is 2. The maximum atomic E-state index is 13.2. The van der Waals surface area contributed by atoms with Crippen LogP contribution in [0.1, 0.15) is 68.1 Å². The second-order valence-electron chi connectivity index (χ2n) is 9.66. The number of amides is 1. The first-order chi connectivity index (χ1) is 17.9. The molecule has 1 aliphatic rings. The van der Waals surface area contributed by atoms with E-state index >= 15 is 0 Å². The summed E-state index contributed by atoms with van der Waals surface area (Å²) in [5.74, 6) is 1.22. The molecule has 192 valence electrons. The fourth-order valence-electron chi connectivity index (χ4n) is 4.68. The number of para-hydroxylation sites is 1. The van der Waals surface area contributed by atoms with E-state index in [4.69, 9.17) is 21.6 Å². The van der Waals surface area contributed by atoms with Crippen LogP contribution in [-0.4, -0.2) is 37.7 Å². The van der Waals surface area contributed by atoms with Crippen molar-refractivity contribution in [2.45, 2.75) is 64.0 Å². The van der Waals surface area contributed by atoms with Crippen LogP contribution in [0.3, 0.4) is 0 Å². The van der Waals surface area contributed by atoms with Crippen LogP contribution >= 0.6 is 11.6 Å². The Bertz CT molecular complexity index is 1400. The zero-order valence-electron chi connectivity index (χ0n) is 20.9. The molecule has 2 aromatic carbocycles. The number of carbonyl (C=O) groups excluding carboxylic acids is 1. The minimum Gasteiger partial charge on any atom is -0.367 e. The Morgan fingerprint density at radius 3 is 2.49 bits per heavy atom. The quantitative estimate of drug-likeness (QED) is 0.300. The Hall–Kier alpha value is -3.52. The summed E-state index contributed by atoms with van der Waals surface area (Å²) in [6.07, 6.45) is 6.17. The second-order valence-corrected chi connectivity index (χ2v) is 10.1. The predicted octanol–water partition coefficient (Wildman–Crippen LogP) is 6.27. The predicted molar refractivity (Wildman–Crippen MR) is 144 cm³/mol. The number of fused-ring (bicyclic) bond motifs is 1. The van der Waals surface area contributed by atoms with Crippen LogP contribution in [0.5, 0.6) is 0 Å². The van der Waals surface area contributed by atoms with Crippen LogP contribution < -0.4 is 10.6 Å². The number of anilines is 1. The van der Waals surface area contributed by atoms with E-state index in [-0.39, 0.29) is 29.7 Å². The van der Waals surface area contributed by atoms with E-state index < -0.39 is 0 Å². The van der Waals surface area contributed by atoms with Gasteiger partial charge in [0.1, 0.15) is 17.5 Å². The van der Waals surface area contributed by atoms with Gasteiger partial charge in [0.2, 0.25) is 0 Å². The summed E-state index contributed by atoms with van der Waals surface area (Å²) in [7, 11) is 0. The van der Waals surface area contributed by atoms with Gasteiger partial charge in [0, 0.05) is 23.6 Å². The number of benzene rings is 2. The summed E-state index contributed by atoms with van der Waals surface area (Å²) in [6.45, 7) is 4.24. The molecule has 4 aromatic rings. The first-order valence-corrected chi connectivity index (χ1v) is 13.1. The molecule has 0 aliphatic heterocycles. The van der Waals surface area contributed by atoms with Gasteiger partial charge in [-0.2, -0.15) is 5.10 Å². The number of rotatable bonds is 7. The summed E-state index contributed by atoms with van der Waals surface area (Å²) in [5.41, 5.74) is 1.97. The molecule has 1 atom stereocenters. The zero-order chi connectivity index (χ0) is 25.9. The minimum atomic E-state index is -0.351. The summed E-state index contributed by atoms with van der Waals surface area (Å²) in [6, 6.07) is 13.5. The minimum absolute atomic E-state index is 0.0830. The summed E-state index contributed by atoms with van der Waals surface area (Å²) < 4.78 is 14.9. The van der Waals surface area contributed by atoms with E-state index in [0.717, 1.165) is 60.5 Å². The summed E-state index contributed by atoms with van der Waals surface area (Å²) in [5, 5.41) is 12.8. The molecule has 2 heterocycles. The highest BCUT2D eigenvalue weighted by atomic mass is 35.5. The molecule has 1 saturated carbocycles. The molecular weight excluding hydrogens is 491 g/mol. The van der Waals surface area contributed by atoms with Gasteiger partial charge in [0.25, 0.3) is 5.91 Å². The van der Waals surface area contributed by atoms with E-state index in [1.807, 2.05) is 24.3 Å². The summed E-state index contributed by atoms with van der Waals surface area (Å²) >= 11 is 6.47. The van der Waals surface area contributed by atoms with Crippen LogP contribution in [-0.2, 0) is 0 Å². The van der Waals surface area contributed by atoms with Gasteiger partial charge in [-0.25, -0.2) is 19.0 Å². The van der Waals surface area contributed by atoms with Gasteiger partial charge in [0.15, 0.2) is 5.65 Å². The lowest BCUT2D eigenvalue weighted by Gasteiger charge is -2.30. The maximum absolute atomic E-state index is 13.2. The molecule has 0 bridgehead atoms. The topological polar surface area (TPSA) is 84.7 Å². The van der Waals surface area contributed by atoms with Crippen LogP contribution in [0.2, 0.25) is 5.02 Å². The van der Waals surface area contributed by atoms with Crippen LogP contribution in [0.15, 0.2) is 54.7 Å². The lowest BCUT2D eigenvalue weighted by Crippen LogP contribution is -2.40. The molecule has 1 unspecified atom stereocenters. The van der Waals surface area contributed by atoms with E-state index in [9.17, 15) is 9.18 Å². The fraction of sp³-hybridized carbons (Fsp3) is 0.357. The molecule has 0 radical (unpaired) electrons. The molecule has 5 rings (SSSR count). The van der Waals surface area contributed by atoms with E-state index in [0.29, 0.717) is 10.6 Å². The van der Waals surface area contributed by atoms with E-state index in [1.165, 1.54) is 24.3 Å². The molecule has 9 heteroatoms. The molecule has 0 saturated heterocycles. The van der Waals surface area contributed by atoms with Crippen molar-refractivity contribution in [2.24, 2.45) is 0 Å². The Labute approximate surface area is 220 Å². The molecule has 0 spiro atoms. The first-order valence-electron chi connectivity index (χ1n) is 12.8. The molecule has 37 heavy (non-hydrogen) atoms. The lowest BCUT2D eigenvalue weighted by atomic mass is 9.91. The van der Waals surface area contributed by atoms with Gasteiger partial charge in [-0.05, 0) is 68.5 Å². The Morgan fingerprint density at radius 2 is 1.78 bits per heavy atom. The third-order valence-electron chi connectivity index (χ3n) is 7.09. The largest absolute Gasteiger partial charge is 0.367 e. The highest BCUT2D eigenvalue weighted by molar-refractivity contribution is 6.32. The highest BCUT2D eigenvalue weighted by Gasteiger charge is 2.25. The first kappa shape index (κ1) is 25.1. The molecule has 2 aromatic heterocycles. The average molecular weight is 521 g/mol. The summed E-state index contributed by atoms with van der Waals surface area (Å²) in [4.78, 5) is 22.3. The normalized spacial score (nSPS) is 18.5. The van der Waals surface area contributed by atoms with Crippen molar-refractivity contribution in [1.29, 1.82) is 0 Å². The van der Waals surface area contributed by atoms with Crippen LogP contribution in [0, 0.1) is 5.82 Å². The van der Waals surface area contributed by atoms with Gasteiger partial charge in [0.05, 0.1) is 22.3 Å². The van der Waals surface area contributed by atoms with Gasteiger partial charge in [-0.1, -0.05) is 37.6 Å². The van der Waals surface area contributed by atoms with Gasteiger partial charge in [-0.3, -0.25) is 4.79 Å². The number of hydrogen-bond acceptors (Lipinski definition) is 5. The zero-order valence-corrected chi connectivity index (χ0v) is 21.7. The number of halogens is 2. The monoisotopic (exact) mass is 520 g/mol. The van der Waals surface area contributed by atoms with E-state index in [2.05, 4.69) is 29.6 Å². The fourth-order valence-corrected chi connectivity index (χ4v) is 4.90. The maximum Gasteiger partial charge on any atom is 0.251 e. The molecule has 1 amide bonds. The van der Waals surface area contributed by atoms with Crippen LogP contribution in [0.25, 0.3) is 16.7 Å².